The molecule has 3 nitrogen and oxygen atoms in total. The van der Waals surface area contributed by atoms with E-state index in [0.29, 0.717) is 5.92 Å². The summed E-state index contributed by atoms with van der Waals surface area (Å²) in [6.45, 7) is 6.81. The summed E-state index contributed by atoms with van der Waals surface area (Å²) >= 11 is 0. The molecule has 1 rings (SSSR count). The summed E-state index contributed by atoms with van der Waals surface area (Å²) in [4.78, 5) is 6.70. The van der Waals surface area contributed by atoms with Gasteiger partial charge in [0.15, 0.2) is 0 Å². The molecule has 1 N–H and O–H groups in total. The second kappa shape index (κ2) is 5.41. The topological polar surface area (TPSA) is 36.4 Å². The van der Waals surface area contributed by atoms with E-state index < -0.39 is 6.10 Å². The van der Waals surface area contributed by atoms with Crippen molar-refractivity contribution in [2.45, 2.75) is 39.3 Å². The van der Waals surface area contributed by atoms with Crippen LogP contribution in [0.3, 0.4) is 0 Å². The lowest BCUT2D eigenvalue weighted by Crippen LogP contribution is -2.15. The predicted molar refractivity (Wildman–Crippen MR) is 66.4 cm³/mol. The highest BCUT2D eigenvalue weighted by atomic mass is 16.3. The molecule has 1 aromatic heterocycles. The first kappa shape index (κ1) is 13.1. The van der Waals surface area contributed by atoms with Crippen molar-refractivity contribution in [3.63, 3.8) is 0 Å². The number of aliphatic hydroxyl groups excluding tert-OH is 1. The van der Waals surface area contributed by atoms with Crippen LogP contribution in [0, 0.1) is 0 Å². The molecule has 0 aliphatic rings. The van der Waals surface area contributed by atoms with Crippen LogP contribution < -0.4 is 0 Å². The largest absolute Gasteiger partial charge is 0.389 e. The molecule has 0 radical (unpaired) electrons. The third-order valence-electron chi connectivity index (χ3n) is 2.54. The van der Waals surface area contributed by atoms with Crippen LogP contribution in [0.5, 0.6) is 0 Å². The van der Waals surface area contributed by atoms with Gasteiger partial charge in [0.1, 0.15) is 0 Å². The SMILES string of the molecule is CC(C)c1ccc(C(C)O)c(CN(C)C)n1. The van der Waals surface area contributed by atoms with E-state index in [0.717, 1.165) is 23.5 Å². The van der Waals surface area contributed by atoms with E-state index in [1.165, 1.54) is 0 Å². The Morgan fingerprint density at radius 1 is 1.25 bits per heavy atom. The lowest BCUT2D eigenvalue weighted by molar-refractivity contribution is 0.196. The third-order valence-corrected chi connectivity index (χ3v) is 2.54. The maximum atomic E-state index is 9.69. The minimum Gasteiger partial charge on any atom is -0.389 e. The summed E-state index contributed by atoms with van der Waals surface area (Å²) in [7, 11) is 4.02. The van der Waals surface area contributed by atoms with E-state index in [-0.39, 0.29) is 0 Å². The maximum Gasteiger partial charge on any atom is 0.0780 e. The fourth-order valence-electron chi connectivity index (χ4n) is 1.66. The Morgan fingerprint density at radius 2 is 1.88 bits per heavy atom. The first-order valence-corrected chi connectivity index (χ1v) is 5.74. The van der Waals surface area contributed by atoms with Crippen molar-refractivity contribution in [1.82, 2.24) is 9.88 Å². The highest BCUT2D eigenvalue weighted by Crippen LogP contribution is 2.20. The lowest BCUT2D eigenvalue weighted by atomic mass is 10.0. The van der Waals surface area contributed by atoms with Crippen LogP contribution in [0.4, 0.5) is 0 Å². The fourth-order valence-corrected chi connectivity index (χ4v) is 1.66. The van der Waals surface area contributed by atoms with Crippen LogP contribution in [0.25, 0.3) is 0 Å². The molecule has 0 amide bonds. The van der Waals surface area contributed by atoms with E-state index in [2.05, 4.69) is 23.7 Å². The van der Waals surface area contributed by atoms with Crippen molar-refractivity contribution in [3.8, 4) is 0 Å². The van der Waals surface area contributed by atoms with Gasteiger partial charge in [-0.1, -0.05) is 19.9 Å². The normalized spacial score (nSPS) is 13.5. The van der Waals surface area contributed by atoms with Gasteiger partial charge in [-0.15, -0.1) is 0 Å². The fraction of sp³-hybridized carbons (Fsp3) is 0.615. The third kappa shape index (κ3) is 3.29. The zero-order valence-corrected chi connectivity index (χ0v) is 10.9. The first-order valence-electron chi connectivity index (χ1n) is 5.74. The van der Waals surface area contributed by atoms with Crippen molar-refractivity contribution in [3.05, 3.63) is 29.1 Å². The molecule has 3 heteroatoms. The van der Waals surface area contributed by atoms with Gasteiger partial charge in [-0.3, -0.25) is 4.98 Å². The molecule has 16 heavy (non-hydrogen) atoms. The average Bonchev–Trinajstić information content (AvgIpc) is 2.15. The molecule has 90 valence electrons. The van der Waals surface area contributed by atoms with Crippen molar-refractivity contribution in [2.24, 2.45) is 0 Å². The predicted octanol–water partition coefficient (Wildman–Crippen LogP) is 2.32. The van der Waals surface area contributed by atoms with E-state index in [9.17, 15) is 5.11 Å². The van der Waals surface area contributed by atoms with Gasteiger partial charge in [-0.25, -0.2) is 0 Å². The van der Waals surface area contributed by atoms with Gasteiger partial charge in [0, 0.05) is 17.8 Å². The molecular formula is C13H22N2O. The Bertz CT molecular complexity index is 346. The second-order valence-electron chi connectivity index (χ2n) is 4.84. The molecule has 0 aliphatic carbocycles. The standard InChI is InChI=1S/C13H22N2O/c1-9(2)12-7-6-11(10(3)16)13(14-12)8-15(4)5/h6-7,9-10,16H,8H2,1-5H3. The van der Waals surface area contributed by atoms with Gasteiger partial charge < -0.3 is 10.0 Å². The van der Waals surface area contributed by atoms with Crippen LogP contribution in [0.15, 0.2) is 12.1 Å². The number of nitrogens with zero attached hydrogens (tertiary/aromatic N) is 2. The minimum absolute atomic E-state index is 0.420. The van der Waals surface area contributed by atoms with Crippen molar-refractivity contribution >= 4 is 0 Å². The summed E-state index contributed by atoms with van der Waals surface area (Å²) < 4.78 is 0. The summed E-state index contributed by atoms with van der Waals surface area (Å²) in [5.41, 5.74) is 2.99. The summed E-state index contributed by atoms with van der Waals surface area (Å²) in [5.74, 6) is 0.420. The van der Waals surface area contributed by atoms with Crippen LogP contribution in [-0.2, 0) is 6.54 Å². The van der Waals surface area contributed by atoms with Gasteiger partial charge in [0.2, 0.25) is 0 Å². The molecule has 1 heterocycles. The highest BCUT2D eigenvalue weighted by Gasteiger charge is 2.12. The number of rotatable bonds is 4. The molecule has 0 bridgehead atoms. The van der Waals surface area contributed by atoms with E-state index in [4.69, 9.17) is 0 Å². The maximum absolute atomic E-state index is 9.69. The summed E-state index contributed by atoms with van der Waals surface area (Å²) in [5, 5.41) is 9.69. The molecule has 0 saturated carbocycles. The highest BCUT2D eigenvalue weighted by molar-refractivity contribution is 5.26. The molecular weight excluding hydrogens is 200 g/mol. The zero-order chi connectivity index (χ0) is 12.3. The van der Waals surface area contributed by atoms with E-state index in [1.807, 2.05) is 26.2 Å². The summed E-state index contributed by atoms with van der Waals surface area (Å²) in [6, 6.07) is 4.00. The van der Waals surface area contributed by atoms with Gasteiger partial charge in [-0.05, 0) is 33.0 Å². The van der Waals surface area contributed by atoms with E-state index >= 15 is 0 Å². The molecule has 0 spiro atoms. The quantitative estimate of drug-likeness (QED) is 0.849. The van der Waals surface area contributed by atoms with Gasteiger partial charge in [-0.2, -0.15) is 0 Å². The molecule has 1 unspecified atom stereocenters. The second-order valence-corrected chi connectivity index (χ2v) is 4.84. The van der Waals surface area contributed by atoms with Gasteiger partial charge in [0.05, 0.1) is 11.8 Å². The Kier molecular flexibility index (Phi) is 4.44. The molecule has 1 atom stereocenters. The number of hydrogen-bond donors (Lipinski definition) is 1. The van der Waals surface area contributed by atoms with Crippen LogP contribution in [-0.4, -0.2) is 29.1 Å². The Morgan fingerprint density at radius 3 is 2.31 bits per heavy atom. The van der Waals surface area contributed by atoms with E-state index in [1.54, 1.807) is 6.92 Å². The van der Waals surface area contributed by atoms with Crippen molar-refractivity contribution in [2.75, 3.05) is 14.1 Å². The van der Waals surface area contributed by atoms with Gasteiger partial charge in [0.25, 0.3) is 0 Å². The monoisotopic (exact) mass is 222 g/mol. The van der Waals surface area contributed by atoms with Crippen LogP contribution in [0.1, 0.15) is 49.7 Å². The van der Waals surface area contributed by atoms with Crippen molar-refractivity contribution in [1.29, 1.82) is 0 Å². The average molecular weight is 222 g/mol. The number of aromatic nitrogens is 1. The molecule has 1 aromatic rings. The van der Waals surface area contributed by atoms with Crippen LogP contribution in [0.2, 0.25) is 0 Å². The number of hydrogen-bond acceptors (Lipinski definition) is 3. The number of pyridine rings is 1. The number of aliphatic hydroxyl groups is 1. The zero-order valence-electron chi connectivity index (χ0n) is 10.9. The molecule has 0 fully saturated rings. The van der Waals surface area contributed by atoms with Gasteiger partial charge >= 0.3 is 0 Å². The Hall–Kier alpha value is -0.930. The smallest absolute Gasteiger partial charge is 0.0780 e. The Balaban J connectivity index is 3.10. The lowest BCUT2D eigenvalue weighted by Gasteiger charge is -2.17. The Labute approximate surface area is 98.1 Å². The molecule has 0 aliphatic heterocycles. The minimum atomic E-state index is -0.455. The molecule has 0 aromatic carbocycles. The van der Waals surface area contributed by atoms with Crippen LogP contribution >= 0.6 is 0 Å². The first-order chi connectivity index (χ1) is 7.41. The summed E-state index contributed by atoms with van der Waals surface area (Å²) in [6.07, 6.45) is -0.455. The molecule has 0 saturated heterocycles. The van der Waals surface area contributed by atoms with Crippen molar-refractivity contribution < 1.29 is 5.11 Å².